The van der Waals surface area contributed by atoms with Crippen LogP contribution in [-0.2, 0) is 9.53 Å². The van der Waals surface area contributed by atoms with E-state index in [2.05, 4.69) is 10.3 Å². The Hall–Kier alpha value is -2.37. The molecule has 1 N–H and O–H groups in total. The predicted molar refractivity (Wildman–Crippen MR) is 87.6 cm³/mol. The van der Waals surface area contributed by atoms with Crippen LogP contribution in [0.5, 0.6) is 0 Å². The lowest BCUT2D eigenvalue weighted by molar-refractivity contribution is -0.130. The highest BCUT2D eigenvalue weighted by atomic mass is 16.6. The van der Waals surface area contributed by atoms with Gasteiger partial charge in [-0.25, -0.2) is 4.79 Å². The molecule has 2 heterocycles. The molecule has 0 aliphatic carbocycles. The lowest BCUT2D eigenvalue weighted by Crippen LogP contribution is -2.59. The Kier molecular flexibility index (Phi) is 5.36. The molecule has 1 aliphatic rings. The predicted octanol–water partition coefficient (Wildman–Crippen LogP) is 2.22. The summed E-state index contributed by atoms with van der Waals surface area (Å²) >= 11 is 0. The average molecular weight is 317 g/mol. The number of ether oxygens (including phenoxy) is 1. The maximum absolute atomic E-state index is 12.1. The first kappa shape index (κ1) is 17.0. The van der Waals surface area contributed by atoms with Crippen LogP contribution in [0.3, 0.4) is 0 Å². The molecule has 2 rings (SSSR count). The van der Waals surface area contributed by atoms with Crippen molar-refractivity contribution in [1.82, 2.24) is 15.2 Å². The summed E-state index contributed by atoms with van der Waals surface area (Å²) in [7, 11) is 0. The van der Waals surface area contributed by atoms with E-state index in [1.807, 2.05) is 45.1 Å². The van der Waals surface area contributed by atoms with E-state index < -0.39 is 17.7 Å². The van der Waals surface area contributed by atoms with Gasteiger partial charge in [0.25, 0.3) is 0 Å². The molecule has 0 saturated carbocycles. The Morgan fingerprint density at radius 1 is 1.48 bits per heavy atom. The maximum atomic E-state index is 12.1. The number of amides is 2. The van der Waals surface area contributed by atoms with Crippen LogP contribution in [0.25, 0.3) is 6.08 Å². The number of likely N-dealkylation sites (tertiary alicyclic amines) is 1. The molecule has 1 fully saturated rings. The quantitative estimate of drug-likeness (QED) is 0.924. The molecule has 1 aliphatic heterocycles. The van der Waals surface area contributed by atoms with E-state index in [1.165, 1.54) is 4.90 Å². The molecule has 6 nitrogen and oxygen atoms in total. The Labute approximate surface area is 136 Å². The molecule has 0 aromatic carbocycles. The van der Waals surface area contributed by atoms with Gasteiger partial charge in [-0.1, -0.05) is 18.2 Å². The summed E-state index contributed by atoms with van der Waals surface area (Å²) in [5.74, 6) is -0.155. The molecule has 1 aromatic heterocycles. The van der Waals surface area contributed by atoms with E-state index in [9.17, 15) is 9.59 Å². The van der Waals surface area contributed by atoms with Crippen LogP contribution in [-0.4, -0.2) is 46.6 Å². The molecule has 23 heavy (non-hydrogen) atoms. The van der Waals surface area contributed by atoms with Crippen molar-refractivity contribution in [2.75, 3.05) is 13.1 Å². The molecule has 124 valence electrons. The molecule has 0 unspecified atom stereocenters. The van der Waals surface area contributed by atoms with Gasteiger partial charge in [0.15, 0.2) is 0 Å². The van der Waals surface area contributed by atoms with Crippen LogP contribution in [0.1, 0.15) is 32.8 Å². The lowest BCUT2D eigenvalue weighted by Gasteiger charge is -2.40. The van der Waals surface area contributed by atoms with Crippen molar-refractivity contribution >= 4 is 18.1 Å². The van der Waals surface area contributed by atoms with E-state index in [4.69, 9.17) is 4.74 Å². The Morgan fingerprint density at radius 3 is 2.83 bits per heavy atom. The summed E-state index contributed by atoms with van der Waals surface area (Å²) in [6, 6.07) is 3.35. The number of carbonyl (C=O) groups excluding carboxylic acids is 2. The fourth-order valence-electron chi connectivity index (χ4n) is 2.15. The fourth-order valence-corrected chi connectivity index (χ4v) is 2.15. The van der Waals surface area contributed by atoms with E-state index >= 15 is 0 Å². The van der Waals surface area contributed by atoms with E-state index in [0.29, 0.717) is 19.5 Å². The number of hydrogen-bond donors (Lipinski definition) is 1. The van der Waals surface area contributed by atoms with Crippen LogP contribution in [0.2, 0.25) is 0 Å². The smallest absolute Gasteiger partial charge is 0.410 e. The third-order valence-electron chi connectivity index (χ3n) is 3.34. The third-order valence-corrected chi connectivity index (χ3v) is 3.34. The SMILES string of the molecule is CC(C)(C)OC(=O)N1CC[C@@H]1C(=O)NC/C=C/c1cccnc1. The molecule has 1 aromatic rings. The number of hydrogen-bond acceptors (Lipinski definition) is 4. The van der Waals surface area contributed by atoms with Crippen molar-refractivity contribution in [3.8, 4) is 0 Å². The van der Waals surface area contributed by atoms with Crippen molar-refractivity contribution < 1.29 is 14.3 Å². The first-order chi connectivity index (χ1) is 10.9. The van der Waals surface area contributed by atoms with Gasteiger partial charge in [-0.3, -0.25) is 14.7 Å². The standard InChI is InChI=1S/C17H23N3O3/c1-17(2,3)23-16(22)20-11-8-14(20)15(21)19-10-5-7-13-6-4-9-18-12-13/h4-7,9,12,14H,8,10-11H2,1-3H3,(H,19,21)/b7-5+/t14-/m1/s1. The fraction of sp³-hybridized carbons (Fsp3) is 0.471. The summed E-state index contributed by atoms with van der Waals surface area (Å²) in [5.41, 5.74) is 0.418. The van der Waals surface area contributed by atoms with Crippen molar-refractivity contribution in [3.63, 3.8) is 0 Å². The summed E-state index contributed by atoms with van der Waals surface area (Å²) < 4.78 is 5.29. The van der Waals surface area contributed by atoms with Crippen molar-refractivity contribution in [3.05, 3.63) is 36.2 Å². The highest BCUT2D eigenvalue weighted by Gasteiger charge is 2.39. The molecule has 0 radical (unpaired) electrons. The third kappa shape index (κ3) is 5.09. The highest BCUT2D eigenvalue weighted by Crippen LogP contribution is 2.21. The van der Waals surface area contributed by atoms with Crippen LogP contribution < -0.4 is 5.32 Å². The number of pyridine rings is 1. The topological polar surface area (TPSA) is 71.5 Å². The molecule has 1 saturated heterocycles. The second-order valence-electron chi connectivity index (χ2n) is 6.41. The summed E-state index contributed by atoms with van der Waals surface area (Å²) in [6.45, 7) is 6.39. The summed E-state index contributed by atoms with van der Waals surface area (Å²) in [4.78, 5) is 29.6. The molecular weight excluding hydrogens is 294 g/mol. The Bertz CT molecular complexity index is 578. The Morgan fingerprint density at radius 2 is 2.26 bits per heavy atom. The van der Waals surface area contributed by atoms with Gasteiger partial charge < -0.3 is 10.1 Å². The number of nitrogens with one attached hydrogen (secondary N) is 1. The maximum Gasteiger partial charge on any atom is 0.410 e. The van der Waals surface area contributed by atoms with Gasteiger partial charge in [0, 0.05) is 25.5 Å². The zero-order valence-electron chi connectivity index (χ0n) is 13.8. The second kappa shape index (κ2) is 7.26. The van der Waals surface area contributed by atoms with Crippen molar-refractivity contribution in [1.29, 1.82) is 0 Å². The number of rotatable bonds is 4. The van der Waals surface area contributed by atoms with Crippen LogP contribution in [0.4, 0.5) is 4.79 Å². The second-order valence-corrected chi connectivity index (χ2v) is 6.41. The molecule has 6 heteroatoms. The van der Waals surface area contributed by atoms with Gasteiger partial charge >= 0.3 is 6.09 Å². The first-order valence-corrected chi connectivity index (χ1v) is 7.71. The number of nitrogens with zero attached hydrogens (tertiary/aromatic N) is 2. The normalized spacial score (nSPS) is 17.7. The van der Waals surface area contributed by atoms with Gasteiger partial charge in [-0.05, 0) is 38.8 Å². The number of carbonyl (C=O) groups is 2. The highest BCUT2D eigenvalue weighted by molar-refractivity contribution is 5.87. The van der Waals surface area contributed by atoms with Crippen LogP contribution in [0.15, 0.2) is 30.6 Å². The van der Waals surface area contributed by atoms with E-state index in [-0.39, 0.29) is 5.91 Å². The van der Waals surface area contributed by atoms with Crippen LogP contribution >= 0.6 is 0 Å². The van der Waals surface area contributed by atoms with Crippen molar-refractivity contribution in [2.45, 2.75) is 38.8 Å². The van der Waals surface area contributed by atoms with Gasteiger partial charge in [-0.2, -0.15) is 0 Å². The summed E-state index contributed by atoms with van der Waals surface area (Å²) in [5, 5.41) is 2.81. The minimum Gasteiger partial charge on any atom is -0.444 e. The lowest BCUT2D eigenvalue weighted by atomic mass is 10.0. The van der Waals surface area contributed by atoms with Gasteiger partial charge in [0.2, 0.25) is 5.91 Å². The molecular formula is C17H23N3O3. The minimum atomic E-state index is -0.555. The summed E-state index contributed by atoms with van der Waals surface area (Å²) in [6.07, 6.45) is 7.42. The Balaban J connectivity index is 1.77. The number of aromatic nitrogens is 1. The minimum absolute atomic E-state index is 0.155. The van der Waals surface area contributed by atoms with E-state index in [1.54, 1.807) is 12.4 Å². The molecule has 0 bridgehead atoms. The van der Waals surface area contributed by atoms with E-state index in [0.717, 1.165) is 5.56 Å². The van der Waals surface area contributed by atoms with Gasteiger partial charge in [0.1, 0.15) is 11.6 Å². The molecule has 0 spiro atoms. The van der Waals surface area contributed by atoms with Crippen molar-refractivity contribution in [2.24, 2.45) is 0 Å². The monoisotopic (exact) mass is 317 g/mol. The van der Waals surface area contributed by atoms with Gasteiger partial charge in [0.05, 0.1) is 0 Å². The zero-order chi connectivity index (χ0) is 16.9. The molecule has 1 atom stereocenters. The van der Waals surface area contributed by atoms with Gasteiger partial charge in [-0.15, -0.1) is 0 Å². The van der Waals surface area contributed by atoms with Crippen LogP contribution in [0, 0.1) is 0 Å². The molecule has 2 amide bonds. The first-order valence-electron chi connectivity index (χ1n) is 7.71. The largest absolute Gasteiger partial charge is 0.444 e. The average Bonchev–Trinajstić information content (AvgIpc) is 2.41. The zero-order valence-corrected chi connectivity index (χ0v) is 13.8.